The number of hydrogen-bond acceptors (Lipinski definition) is 4. The molecule has 0 bridgehead atoms. The fraction of sp³-hybridized carbons (Fsp3) is 0.200. The van der Waals surface area contributed by atoms with Gasteiger partial charge in [-0.05, 0) is 32.0 Å². The minimum absolute atomic E-state index is 0.686. The fourth-order valence-corrected chi connectivity index (χ4v) is 2.98. The van der Waals surface area contributed by atoms with Gasteiger partial charge >= 0.3 is 0 Å². The van der Waals surface area contributed by atoms with Gasteiger partial charge in [-0.15, -0.1) is 0 Å². The average Bonchev–Trinajstić information content (AvgIpc) is 2.80. The van der Waals surface area contributed by atoms with Gasteiger partial charge in [0.1, 0.15) is 5.03 Å². The summed E-state index contributed by atoms with van der Waals surface area (Å²) in [5, 5.41) is 6.40. The summed E-state index contributed by atoms with van der Waals surface area (Å²) < 4.78 is 0. The summed E-state index contributed by atoms with van der Waals surface area (Å²) in [6.45, 7) is 4.84. The summed E-state index contributed by atoms with van der Waals surface area (Å²) in [5.41, 5.74) is 2.11. The number of H-pyrrole nitrogens is 1. The van der Waals surface area contributed by atoms with Gasteiger partial charge in [-0.25, -0.2) is 9.97 Å². The highest BCUT2D eigenvalue weighted by Gasteiger charge is 2.06. The molecule has 0 spiro atoms. The molecule has 4 nitrogen and oxygen atoms in total. The molecule has 0 unspecified atom stereocenters. The van der Waals surface area contributed by atoms with Crippen LogP contribution in [0.4, 0.5) is 5.95 Å². The molecule has 20 heavy (non-hydrogen) atoms. The van der Waals surface area contributed by atoms with E-state index in [1.807, 2.05) is 32.0 Å². The summed E-state index contributed by atoms with van der Waals surface area (Å²) in [4.78, 5) is 12.3. The van der Waals surface area contributed by atoms with Crippen LogP contribution in [0, 0.1) is 6.92 Å². The van der Waals surface area contributed by atoms with Crippen molar-refractivity contribution >= 4 is 28.6 Å². The Hall–Kier alpha value is -2.01. The SMILES string of the molecule is CCNc1nc(C)cc(Sc2cc3ccccc3[nH]2)n1. The molecule has 2 aromatic heterocycles. The summed E-state index contributed by atoms with van der Waals surface area (Å²) >= 11 is 1.62. The Kier molecular flexibility index (Phi) is 3.60. The quantitative estimate of drug-likeness (QED) is 0.715. The van der Waals surface area contributed by atoms with E-state index in [2.05, 4.69) is 38.5 Å². The molecule has 0 aliphatic rings. The van der Waals surface area contributed by atoms with Crippen LogP contribution >= 0.6 is 11.8 Å². The van der Waals surface area contributed by atoms with Crippen molar-refractivity contribution in [2.45, 2.75) is 23.9 Å². The number of anilines is 1. The van der Waals surface area contributed by atoms with E-state index < -0.39 is 0 Å². The molecule has 0 aliphatic heterocycles. The van der Waals surface area contributed by atoms with Crippen LogP contribution in [0.15, 0.2) is 46.5 Å². The van der Waals surface area contributed by atoms with Crippen LogP contribution in [-0.4, -0.2) is 21.5 Å². The molecule has 3 aromatic rings. The maximum Gasteiger partial charge on any atom is 0.223 e. The molecule has 2 heterocycles. The van der Waals surface area contributed by atoms with Crippen LogP contribution in [0.1, 0.15) is 12.6 Å². The van der Waals surface area contributed by atoms with Gasteiger partial charge in [0.05, 0.1) is 5.03 Å². The van der Waals surface area contributed by atoms with E-state index in [0.29, 0.717) is 5.95 Å². The third kappa shape index (κ3) is 2.77. The van der Waals surface area contributed by atoms with Crippen molar-refractivity contribution in [1.29, 1.82) is 0 Å². The van der Waals surface area contributed by atoms with Crippen molar-refractivity contribution in [3.8, 4) is 0 Å². The van der Waals surface area contributed by atoms with E-state index in [1.54, 1.807) is 11.8 Å². The molecule has 0 saturated heterocycles. The molecule has 2 N–H and O–H groups in total. The Morgan fingerprint density at radius 1 is 1.20 bits per heavy atom. The molecular formula is C15H16N4S. The van der Waals surface area contributed by atoms with Gasteiger partial charge in [0.25, 0.3) is 0 Å². The van der Waals surface area contributed by atoms with Crippen LogP contribution in [0.3, 0.4) is 0 Å². The highest BCUT2D eigenvalue weighted by Crippen LogP contribution is 2.29. The molecule has 0 atom stereocenters. The lowest BCUT2D eigenvalue weighted by molar-refractivity contribution is 0.983. The Morgan fingerprint density at radius 2 is 2.05 bits per heavy atom. The van der Waals surface area contributed by atoms with Crippen molar-refractivity contribution in [1.82, 2.24) is 15.0 Å². The van der Waals surface area contributed by atoms with E-state index in [-0.39, 0.29) is 0 Å². The molecule has 1 aromatic carbocycles. The van der Waals surface area contributed by atoms with Crippen molar-refractivity contribution in [2.75, 3.05) is 11.9 Å². The first-order valence-electron chi connectivity index (χ1n) is 6.60. The van der Waals surface area contributed by atoms with Crippen molar-refractivity contribution in [2.24, 2.45) is 0 Å². The van der Waals surface area contributed by atoms with E-state index >= 15 is 0 Å². The van der Waals surface area contributed by atoms with Gasteiger partial charge in [-0.1, -0.05) is 30.0 Å². The normalized spacial score (nSPS) is 10.9. The van der Waals surface area contributed by atoms with Crippen LogP contribution < -0.4 is 5.32 Å². The molecule has 102 valence electrons. The smallest absolute Gasteiger partial charge is 0.223 e. The monoisotopic (exact) mass is 284 g/mol. The maximum atomic E-state index is 4.51. The Labute approximate surface area is 122 Å². The largest absolute Gasteiger partial charge is 0.354 e. The van der Waals surface area contributed by atoms with Gasteiger partial charge in [0.15, 0.2) is 0 Å². The molecular weight excluding hydrogens is 268 g/mol. The van der Waals surface area contributed by atoms with Crippen molar-refractivity contribution in [3.05, 3.63) is 42.1 Å². The van der Waals surface area contributed by atoms with Gasteiger partial charge in [0, 0.05) is 23.1 Å². The van der Waals surface area contributed by atoms with Crippen molar-refractivity contribution in [3.63, 3.8) is 0 Å². The van der Waals surface area contributed by atoms with E-state index in [1.165, 1.54) is 5.39 Å². The predicted molar refractivity (Wildman–Crippen MR) is 83.4 cm³/mol. The van der Waals surface area contributed by atoms with Gasteiger partial charge in [0.2, 0.25) is 5.95 Å². The highest BCUT2D eigenvalue weighted by atomic mass is 32.2. The number of rotatable bonds is 4. The second-order valence-corrected chi connectivity index (χ2v) is 5.59. The first kappa shape index (κ1) is 13.0. The molecule has 0 amide bonds. The van der Waals surface area contributed by atoms with E-state index in [0.717, 1.165) is 27.8 Å². The van der Waals surface area contributed by atoms with Crippen molar-refractivity contribution < 1.29 is 0 Å². The second kappa shape index (κ2) is 5.54. The number of nitrogens with zero attached hydrogens (tertiary/aromatic N) is 2. The third-order valence-electron chi connectivity index (χ3n) is 2.89. The summed E-state index contributed by atoms with van der Waals surface area (Å²) in [7, 11) is 0. The number of aromatic amines is 1. The Morgan fingerprint density at radius 3 is 2.85 bits per heavy atom. The Bertz CT molecular complexity index is 703. The zero-order valence-electron chi connectivity index (χ0n) is 11.5. The average molecular weight is 284 g/mol. The zero-order valence-corrected chi connectivity index (χ0v) is 12.3. The first-order chi connectivity index (χ1) is 9.74. The number of benzene rings is 1. The summed E-state index contributed by atoms with van der Waals surface area (Å²) in [6.07, 6.45) is 0. The number of nitrogens with one attached hydrogen (secondary N) is 2. The van der Waals surface area contributed by atoms with Gasteiger partial charge in [-0.2, -0.15) is 0 Å². The number of aromatic nitrogens is 3. The number of hydrogen-bond donors (Lipinski definition) is 2. The number of aryl methyl sites for hydroxylation is 1. The molecule has 0 fully saturated rings. The minimum Gasteiger partial charge on any atom is -0.354 e. The van der Waals surface area contributed by atoms with Gasteiger partial charge < -0.3 is 10.3 Å². The highest BCUT2D eigenvalue weighted by molar-refractivity contribution is 7.99. The first-order valence-corrected chi connectivity index (χ1v) is 7.41. The summed E-state index contributed by atoms with van der Waals surface area (Å²) in [6, 6.07) is 12.4. The number of para-hydroxylation sites is 1. The standard InChI is InChI=1S/C15H16N4S/c1-3-16-15-17-10(2)8-13(19-15)20-14-9-11-6-4-5-7-12(11)18-14/h4-9,18H,3H2,1-2H3,(H,16,17,19). The third-order valence-corrected chi connectivity index (χ3v) is 3.74. The lowest BCUT2D eigenvalue weighted by Crippen LogP contribution is -2.03. The van der Waals surface area contributed by atoms with E-state index in [4.69, 9.17) is 0 Å². The van der Waals surface area contributed by atoms with E-state index in [9.17, 15) is 0 Å². The lowest BCUT2D eigenvalue weighted by Gasteiger charge is -2.05. The fourth-order valence-electron chi connectivity index (χ4n) is 2.04. The summed E-state index contributed by atoms with van der Waals surface area (Å²) in [5.74, 6) is 0.686. The zero-order chi connectivity index (χ0) is 13.9. The maximum absolute atomic E-state index is 4.51. The predicted octanol–water partition coefficient (Wildman–Crippen LogP) is 3.85. The Balaban J connectivity index is 1.90. The molecule has 0 radical (unpaired) electrons. The number of fused-ring (bicyclic) bond motifs is 1. The molecule has 0 saturated carbocycles. The van der Waals surface area contributed by atoms with Crippen LogP contribution in [-0.2, 0) is 0 Å². The topological polar surface area (TPSA) is 53.6 Å². The van der Waals surface area contributed by atoms with Crippen LogP contribution in [0.5, 0.6) is 0 Å². The molecule has 5 heteroatoms. The molecule has 3 rings (SSSR count). The van der Waals surface area contributed by atoms with Gasteiger partial charge in [-0.3, -0.25) is 0 Å². The lowest BCUT2D eigenvalue weighted by atomic mass is 10.3. The van der Waals surface area contributed by atoms with Crippen LogP contribution in [0.25, 0.3) is 10.9 Å². The molecule has 0 aliphatic carbocycles. The minimum atomic E-state index is 0.686. The van der Waals surface area contributed by atoms with Crippen LogP contribution in [0.2, 0.25) is 0 Å². The second-order valence-electron chi connectivity index (χ2n) is 4.52.